The lowest BCUT2D eigenvalue weighted by Gasteiger charge is -2.01. The third-order valence-corrected chi connectivity index (χ3v) is 3.91. The Balaban J connectivity index is 2.18. The highest BCUT2D eigenvalue weighted by Gasteiger charge is 2.09. The second-order valence-electron chi connectivity index (χ2n) is 3.71. The maximum atomic E-state index is 12.1. The molecule has 4 nitrogen and oxygen atoms in total. The number of nitrogens with zero attached hydrogens (tertiary/aromatic N) is 2. The van der Waals surface area contributed by atoms with Gasteiger partial charge in [0.15, 0.2) is 11.4 Å². The lowest BCUT2D eigenvalue weighted by molar-refractivity contribution is 0.104. The van der Waals surface area contributed by atoms with Gasteiger partial charge in [-0.15, -0.1) is 11.3 Å². The highest BCUT2D eigenvalue weighted by molar-refractivity contribution is 8.13. The number of rotatable bonds is 3. The summed E-state index contributed by atoms with van der Waals surface area (Å²) in [7, 11) is 0. The molecule has 0 radical (unpaired) electrons. The highest BCUT2D eigenvalue weighted by atomic mass is 32.2. The Labute approximate surface area is 125 Å². The largest absolute Gasteiger partial charge is 0.288 e. The van der Waals surface area contributed by atoms with Crippen LogP contribution in [-0.4, -0.2) is 17.2 Å². The van der Waals surface area contributed by atoms with E-state index in [4.69, 9.17) is 5.26 Å². The third kappa shape index (κ3) is 3.47. The predicted molar refractivity (Wildman–Crippen MR) is 83.6 cm³/mol. The lowest BCUT2D eigenvalue weighted by Crippen LogP contribution is -2.12. The minimum atomic E-state index is 0.00997. The maximum absolute atomic E-state index is 12.1. The van der Waals surface area contributed by atoms with Gasteiger partial charge in [-0.1, -0.05) is 17.8 Å². The molecule has 0 atom stereocenters. The molecular weight excluding hydrogens is 290 g/mol. The van der Waals surface area contributed by atoms with Crippen LogP contribution in [0.4, 0.5) is 5.69 Å². The van der Waals surface area contributed by atoms with E-state index in [1.807, 2.05) is 30.0 Å². The van der Waals surface area contributed by atoms with Crippen molar-refractivity contribution in [2.45, 2.75) is 0 Å². The summed E-state index contributed by atoms with van der Waals surface area (Å²) in [6.07, 6.45) is 3.66. The molecule has 0 amide bonds. The van der Waals surface area contributed by atoms with Crippen LogP contribution in [0, 0.1) is 11.5 Å². The van der Waals surface area contributed by atoms with E-state index < -0.39 is 0 Å². The second kappa shape index (κ2) is 6.89. The summed E-state index contributed by atoms with van der Waals surface area (Å²) in [5.74, 6) is 0.00997. The molecule has 0 saturated heterocycles. The topological polar surface area (TPSA) is 65.2 Å². The second-order valence-corrected chi connectivity index (χ2v) is 5.45. The first kappa shape index (κ1) is 14.3. The summed E-state index contributed by atoms with van der Waals surface area (Å²) in [5, 5.41) is 13.5. The van der Waals surface area contributed by atoms with E-state index in [2.05, 4.69) is 10.3 Å². The Hall–Kier alpha value is -2.10. The van der Waals surface area contributed by atoms with E-state index in [0.29, 0.717) is 16.4 Å². The molecule has 0 aliphatic heterocycles. The minimum absolute atomic E-state index is 0.00997. The number of ketones is 1. The number of nitriles is 1. The smallest absolute Gasteiger partial charge is 0.202 e. The summed E-state index contributed by atoms with van der Waals surface area (Å²) >= 11 is 2.77. The number of aliphatic imine (C=N–C) groups is 1. The number of carbonyl (C=O) groups excluding carboxylic acids is 1. The zero-order valence-corrected chi connectivity index (χ0v) is 12.3. The summed E-state index contributed by atoms with van der Waals surface area (Å²) in [6, 6.07) is 10.7. The van der Waals surface area contributed by atoms with Gasteiger partial charge in [0, 0.05) is 5.56 Å². The van der Waals surface area contributed by atoms with Crippen molar-refractivity contribution in [1.29, 1.82) is 5.26 Å². The van der Waals surface area contributed by atoms with Crippen molar-refractivity contribution in [3.05, 3.63) is 52.2 Å². The van der Waals surface area contributed by atoms with Gasteiger partial charge in [0.2, 0.25) is 5.78 Å². The molecule has 0 fully saturated rings. The van der Waals surface area contributed by atoms with Gasteiger partial charge in [-0.05, 0) is 42.0 Å². The molecule has 100 valence electrons. The zero-order chi connectivity index (χ0) is 14.4. The summed E-state index contributed by atoms with van der Waals surface area (Å²) in [5.41, 5.74) is 1.32. The molecule has 0 aliphatic carbocycles. The number of hydrogen-bond acceptors (Lipinski definition) is 5. The van der Waals surface area contributed by atoms with Gasteiger partial charge >= 0.3 is 0 Å². The molecule has 0 aliphatic rings. The molecule has 1 heterocycles. The van der Waals surface area contributed by atoms with Gasteiger partial charge in [0.05, 0.1) is 10.6 Å². The first-order chi connectivity index (χ1) is 9.74. The Kier molecular flexibility index (Phi) is 4.93. The first-order valence-corrected chi connectivity index (χ1v) is 7.81. The summed E-state index contributed by atoms with van der Waals surface area (Å²) in [6.45, 7) is 0. The standard InChI is InChI=1S/C14H11N3OS2/c1-19-14(16-9-15)17-11-6-4-10(5-7-11)13(18)12-3-2-8-20-12/h2-8H,1H3,(H,16,17). The molecule has 1 aromatic heterocycles. The van der Waals surface area contributed by atoms with Crippen molar-refractivity contribution in [2.75, 3.05) is 6.26 Å². The first-order valence-electron chi connectivity index (χ1n) is 5.70. The summed E-state index contributed by atoms with van der Waals surface area (Å²) < 4.78 is 0. The highest BCUT2D eigenvalue weighted by Crippen LogP contribution is 2.19. The van der Waals surface area contributed by atoms with Crippen molar-refractivity contribution < 1.29 is 4.79 Å². The third-order valence-electron chi connectivity index (χ3n) is 2.46. The van der Waals surface area contributed by atoms with Crippen molar-refractivity contribution in [1.82, 2.24) is 5.32 Å². The van der Waals surface area contributed by atoms with E-state index >= 15 is 0 Å². The molecule has 2 aromatic rings. The zero-order valence-electron chi connectivity index (χ0n) is 10.7. The van der Waals surface area contributed by atoms with Crippen LogP contribution in [0.3, 0.4) is 0 Å². The Morgan fingerprint density at radius 3 is 2.65 bits per heavy atom. The van der Waals surface area contributed by atoms with Gasteiger partial charge in [0.25, 0.3) is 0 Å². The molecule has 2 rings (SSSR count). The maximum Gasteiger partial charge on any atom is 0.202 e. The molecule has 1 aromatic carbocycles. The van der Waals surface area contributed by atoms with E-state index in [1.54, 1.807) is 24.3 Å². The number of thioether (sulfide) groups is 1. The molecule has 0 saturated carbocycles. The van der Waals surface area contributed by atoms with E-state index in [1.165, 1.54) is 23.1 Å². The number of amidine groups is 1. The van der Waals surface area contributed by atoms with Crippen LogP contribution < -0.4 is 5.32 Å². The van der Waals surface area contributed by atoms with Crippen LogP contribution >= 0.6 is 23.1 Å². The van der Waals surface area contributed by atoms with E-state index in [0.717, 1.165) is 4.88 Å². The molecule has 6 heteroatoms. The normalized spacial score (nSPS) is 10.9. The van der Waals surface area contributed by atoms with Crippen LogP contribution in [0.5, 0.6) is 0 Å². The minimum Gasteiger partial charge on any atom is -0.288 e. The quantitative estimate of drug-likeness (QED) is 0.310. The fraction of sp³-hybridized carbons (Fsp3) is 0.0714. The monoisotopic (exact) mass is 301 g/mol. The van der Waals surface area contributed by atoms with Crippen molar-refractivity contribution >= 4 is 39.7 Å². The molecular formula is C14H11N3OS2. The SMILES string of the molecule is CSC(=Nc1ccc(C(=O)c2cccs2)cc1)NC#N. The van der Waals surface area contributed by atoms with Crippen molar-refractivity contribution in [2.24, 2.45) is 4.99 Å². The van der Waals surface area contributed by atoms with Gasteiger partial charge in [-0.25, -0.2) is 4.99 Å². The van der Waals surface area contributed by atoms with Crippen LogP contribution in [0.1, 0.15) is 15.2 Å². The molecule has 20 heavy (non-hydrogen) atoms. The van der Waals surface area contributed by atoms with Gasteiger partial charge in [-0.3, -0.25) is 10.1 Å². The van der Waals surface area contributed by atoms with E-state index in [9.17, 15) is 4.79 Å². The fourth-order valence-electron chi connectivity index (χ4n) is 1.53. The molecule has 0 spiro atoms. The number of thiophene rings is 1. The molecule has 1 N–H and O–H groups in total. The van der Waals surface area contributed by atoms with Crippen LogP contribution in [-0.2, 0) is 0 Å². The number of carbonyl (C=O) groups is 1. The van der Waals surface area contributed by atoms with E-state index in [-0.39, 0.29) is 5.78 Å². The van der Waals surface area contributed by atoms with Crippen molar-refractivity contribution in [3.8, 4) is 6.19 Å². The fourth-order valence-corrected chi connectivity index (χ4v) is 2.56. The van der Waals surface area contributed by atoms with Gasteiger partial charge < -0.3 is 0 Å². The van der Waals surface area contributed by atoms with Crippen molar-refractivity contribution in [3.63, 3.8) is 0 Å². The lowest BCUT2D eigenvalue weighted by atomic mass is 10.1. The van der Waals surface area contributed by atoms with Gasteiger partial charge in [0.1, 0.15) is 0 Å². The predicted octanol–water partition coefficient (Wildman–Crippen LogP) is 3.40. The van der Waals surface area contributed by atoms with Crippen LogP contribution in [0.25, 0.3) is 0 Å². The number of benzene rings is 1. The Morgan fingerprint density at radius 1 is 1.35 bits per heavy atom. The number of nitrogens with one attached hydrogen (secondary N) is 1. The Morgan fingerprint density at radius 2 is 2.10 bits per heavy atom. The summed E-state index contributed by atoms with van der Waals surface area (Å²) in [4.78, 5) is 17.1. The average molecular weight is 301 g/mol. The number of hydrogen-bond donors (Lipinski definition) is 1. The van der Waals surface area contributed by atoms with Gasteiger partial charge in [-0.2, -0.15) is 5.26 Å². The average Bonchev–Trinajstić information content (AvgIpc) is 3.01. The Bertz CT molecular complexity index is 655. The van der Waals surface area contributed by atoms with Crippen LogP contribution in [0.15, 0.2) is 46.8 Å². The molecule has 0 unspecified atom stereocenters. The molecule has 0 bridgehead atoms. The van der Waals surface area contributed by atoms with Crippen LogP contribution in [0.2, 0.25) is 0 Å².